The van der Waals surface area contributed by atoms with Crippen LogP contribution >= 0.6 is 0 Å². The number of hydrogen-bond acceptors (Lipinski definition) is 3. The van der Waals surface area contributed by atoms with E-state index in [1.54, 1.807) is 4.90 Å². The number of carbonyl (C=O) groups is 2. The highest BCUT2D eigenvalue weighted by atomic mass is 16.2. The molecule has 0 spiro atoms. The summed E-state index contributed by atoms with van der Waals surface area (Å²) in [7, 11) is 0. The highest BCUT2D eigenvalue weighted by Crippen LogP contribution is 2.19. The predicted molar refractivity (Wildman–Crippen MR) is 70.9 cm³/mol. The van der Waals surface area contributed by atoms with E-state index >= 15 is 0 Å². The van der Waals surface area contributed by atoms with E-state index in [4.69, 9.17) is 5.73 Å². The maximum Gasteiger partial charge on any atom is 0.243 e. The van der Waals surface area contributed by atoms with Crippen LogP contribution in [0.5, 0.6) is 0 Å². The van der Waals surface area contributed by atoms with Crippen molar-refractivity contribution in [3.63, 3.8) is 0 Å². The summed E-state index contributed by atoms with van der Waals surface area (Å²) in [4.78, 5) is 25.8. The van der Waals surface area contributed by atoms with Crippen LogP contribution in [0.3, 0.4) is 0 Å². The Morgan fingerprint density at radius 3 is 2.61 bits per heavy atom. The van der Waals surface area contributed by atoms with Crippen LogP contribution in [0.1, 0.15) is 46.5 Å². The van der Waals surface area contributed by atoms with Gasteiger partial charge in [-0.15, -0.1) is 0 Å². The summed E-state index contributed by atoms with van der Waals surface area (Å²) in [6, 6.07) is -0.666. The molecule has 5 heteroatoms. The van der Waals surface area contributed by atoms with Gasteiger partial charge in [0.15, 0.2) is 0 Å². The number of nitrogens with one attached hydrogen (secondary N) is 1. The van der Waals surface area contributed by atoms with Crippen LogP contribution in [0, 0.1) is 0 Å². The summed E-state index contributed by atoms with van der Waals surface area (Å²) in [5.74, 6) is -0.141. The Hall–Kier alpha value is -1.10. The van der Waals surface area contributed by atoms with E-state index in [1.807, 2.05) is 20.8 Å². The minimum atomic E-state index is -0.484. The van der Waals surface area contributed by atoms with Gasteiger partial charge in [0, 0.05) is 12.6 Å². The highest BCUT2D eigenvalue weighted by molar-refractivity contribution is 5.90. The third-order valence-corrected chi connectivity index (χ3v) is 3.60. The quantitative estimate of drug-likeness (QED) is 0.756. The molecule has 1 aliphatic heterocycles. The summed E-state index contributed by atoms with van der Waals surface area (Å²) < 4.78 is 0. The minimum absolute atomic E-state index is 0.0431. The fraction of sp³-hybridized carbons (Fsp3) is 0.846. The van der Waals surface area contributed by atoms with E-state index in [0.29, 0.717) is 13.0 Å². The van der Waals surface area contributed by atoms with Gasteiger partial charge >= 0.3 is 0 Å². The SMILES string of the molecule is CC[C@@H](C)NC(=O)[C@@H]1CCCN1C(=O)[C@@H](N)CC. The zero-order valence-electron chi connectivity index (χ0n) is 11.6. The fourth-order valence-corrected chi connectivity index (χ4v) is 2.13. The number of rotatable bonds is 5. The average molecular weight is 255 g/mol. The second kappa shape index (κ2) is 6.73. The van der Waals surface area contributed by atoms with Crippen LogP contribution in [0.15, 0.2) is 0 Å². The van der Waals surface area contributed by atoms with Gasteiger partial charge in [0.2, 0.25) is 11.8 Å². The largest absolute Gasteiger partial charge is 0.352 e. The number of amides is 2. The van der Waals surface area contributed by atoms with E-state index < -0.39 is 6.04 Å². The molecule has 0 aliphatic carbocycles. The standard InChI is InChI=1S/C13H25N3O2/c1-4-9(3)15-12(17)11-7-6-8-16(11)13(18)10(14)5-2/h9-11H,4-8,14H2,1-3H3,(H,15,17)/t9-,10+,11+/m1/s1. The van der Waals surface area contributed by atoms with Gasteiger partial charge in [-0.05, 0) is 32.6 Å². The van der Waals surface area contributed by atoms with Gasteiger partial charge in [0.1, 0.15) is 6.04 Å². The van der Waals surface area contributed by atoms with Crippen molar-refractivity contribution in [1.29, 1.82) is 0 Å². The lowest BCUT2D eigenvalue weighted by molar-refractivity contribution is -0.139. The Bertz CT molecular complexity index is 307. The molecule has 0 bridgehead atoms. The first-order chi connectivity index (χ1) is 8.51. The smallest absolute Gasteiger partial charge is 0.243 e. The maximum atomic E-state index is 12.1. The van der Waals surface area contributed by atoms with Gasteiger partial charge in [-0.25, -0.2) is 0 Å². The molecule has 0 unspecified atom stereocenters. The lowest BCUT2D eigenvalue weighted by atomic mass is 10.1. The van der Waals surface area contributed by atoms with E-state index in [1.165, 1.54) is 0 Å². The molecule has 3 N–H and O–H groups in total. The molecule has 0 aromatic carbocycles. The molecule has 18 heavy (non-hydrogen) atoms. The van der Waals surface area contributed by atoms with Gasteiger partial charge in [-0.2, -0.15) is 0 Å². The molecule has 3 atom stereocenters. The first-order valence-electron chi connectivity index (χ1n) is 6.87. The molecule has 1 rings (SSSR count). The van der Waals surface area contributed by atoms with Gasteiger partial charge < -0.3 is 16.0 Å². The molecule has 2 amide bonds. The van der Waals surface area contributed by atoms with Gasteiger partial charge in [0.25, 0.3) is 0 Å². The number of nitrogens with zero attached hydrogens (tertiary/aromatic N) is 1. The van der Waals surface area contributed by atoms with Crippen LogP contribution in [0.4, 0.5) is 0 Å². The monoisotopic (exact) mass is 255 g/mol. The number of carbonyl (C=O) groups excluding carboxylic acids is 2. The summed E-state index contributed by atoms with van der Waals surface area (Å²) in [6.07, 6.45) is 3.11. The number of nitrogens with two attached hydrogens (primary N) is 1. The molecule has 0 radical (unpaired) electrons. The van der Waals surface area contributed by atoms with E-state index in [9.17, 15) is 9.59 Å². The lowest BCUT2D eigenvalue weighted by Gasteiger charge is -2.27. The van der Waals surface area contributed by atoms with Crippen LogP contribution < -0.4 is 11.1 Å². The van der Waals surface area contributed by atoms with Crippen molar-refractivity contribution in [2.45, 2.75) is 64.6 Å². The first-order valence-corrected chi connectivity index (χ1v) is 6.87. The average Bonchev–Trinajstić information content (AvgIpc) is 2.85. The minimum Gasteiger partial charge on any atom is -0.352 e. The zero-order valence-corrected chi connectivity index (χ0v) is 11.6. The third-order valence-electron chi connectivity index (χ3n) is 3.60. The Balaban J connectivity index is 2.64. The zero-order chi connectivity index (χ0) is 13.7. The molecular weight excluding hydrogens is 230 g/mol. The molecule has 0 aromatic rings. The highest BCUT2D eigenvalue weighted by Gasteiger charge is 2.35. The Morgan fingerprint density at radius 2 is 2.06 bits per heavy atom. The summed E-state index contributed by atoms with van der Waals surface area (Å²) in [6.45, 7) is 6.52. The predicted octanol–water partition coefficient (Wildman–Crippen LogP) is 0.629. The molecule has 1 fully saturated rings. The van der Waals surface area contributed by atoms with Crippen molar-refractivity contribution in [3.05, 3.63) is 0 Å². The van der Waals surface area contributed by atoms with E-state index in [0.717, 1.165) is 19.3 Å². The van der Waals surface area contributed by atoms with Crippen molar-refractivity contribution in [3.8, 4) is 0 Å². The van der Waals surface area contributed by atoms with Gasteiger partial charge in [-0.3, -0.25) is 9.59 Å². The topological polar surface area (TPSA) is 75.4 Å². The fourth-order valence-electron chi connectivity index (χ4n) is 2.13. The molecule has 104 valence electrons. The van der Waals surface area contributed by atoms with Crippen LogP contribution in [-0.4, -0.2) is 41.4 Å². The maximum absolute atomic E-state index is 12.1. The van der Waals surface area contributed by atoms with Crippen LogP contribution in [-0.2, 0) is 9.59 Å². The summed E-state index contributed by atoms with van der Waals surface area (Å²) >= 11 is 0. The second-order valence-corrected chi connectivity index (χ2v) is 5.02. The van der Waals surface area contributed by atoms with Gasteiger partial charge in [0.05, 0.1) is 6.04 Å². The normalized spacial score (nSPS) is 22.7. The first kappa shape index (κ1) is 15.0. The molecule has 0 aromatic heterocycles. The Morgan fingerprint density at radius 1 is 1.39 bits per heavy atom. The molecule has 5 nitrogen and oxygen atoms in total. The van der Waals surface area contributed by atoms with Crippen molar-refractivity contribution < 1.29 is 9.59 Å². The molecular formula is C13H25N3O2. The molecule has 1 heterocycles. The number of hydrogen-bond donors (Lipinski definition) is 2. The Labute approximate surface area is 109 Å². The van der Waals surface area contributed by atoms with E-state index in [-0.39, 0.29) is 23.9 Å². The van der Waals surface area contributed by atoms with Crippen LogP contribution in [0.25, 0.3) is 0 Å². The van der Waals surface area contributed by atoms with Gasteiger partial charge in [-0.1, -0.05) is 13.8 Å². The molecule has 1 saturated heterocycles. The number of likely N-dealkylation sites (tertiary alicyclic amines) is 1. The van der Waals surface area contributed by atoms with Crippen molar-refractivity contribution in [2.75, 3.05) is 6.54 Å². The van der Waals surface area contributed by atoms with Crippen molar-refractivity contribution >= 4 is 11.8 Å². The summed E-state index contributed by atoms with van der Waals surface area (Å²) in [5.41, 5.74) is 5.76. The third kappa shape index (κ3) is 3.45. The van der Waals surface area contributed by atoms with Crippen LogP contribution in [0.2, 0.25) is 0 Å². The molecule has 0 saturated carbocycles. The summed E-state index contributed by atoms with van der Waals surface area (Å²) in [5, 5.41) is 2.94. The Kier molecular flexibility index (Phi) is 5.59. The molecule has 1 aliphatic rings. The lowest BCUT2D eigenvalue weighted by Crippen LogP contribution is -2.52. The van der Waals surface area contributed by atoms with Crippen molar-refractivity contribution in [1.82, 2.24) is 10.2 Å². The van der Waals surface area contributed by atoms with Crippen molar-refractivity contribution in [2.24, 2.45) is 5.73 Å². The second-order valence-electron chi connectivity index (χ2n) is 5.02. The van der Waals surface area contributed by atoms with E-state index in [2.05, 4.69) is 5.32 Å².